The summed E-state index contributed by atoms with van der Waals surface area (Å²) >= 11 is 0. The molecule has 4 heteroatoms. The number of carbonyl (C=O) groups excluding carboxylic acids is 1. The van der Waals surface area contributed by atoms with Gasteiger partial charge in [-0.25, -0.2) is 4.79 Å². The predicted molar refractivity (Wildman–Crippen MR) is 78.1 cm³/mol. The zero-order valence-corrected chi connectivity index (χ0v) is 13.0. The summed E-state index contributed by atoms with van der Waals surface area (Å²) in [6.07, 6.45) is 6.28. The fraction of sp³-hybridized carbons (Fsp3) is 0.933. The minimum absolute atomic E-state index is 0.184. The third kappa shape index (κ3) is 4.37. The second-order valence-corrected chi connectivity index (χ2v) is 6.62. The van der Waals surface area contributed by atoms with Crippen LogP contribution in [0.2, 0.25) is 0 Å². The van der Waals surface area contributed by atoms with Crippen LogP contribution in [-0.4, -0.2) is 35.2 Å². The van der Waals surface area contributed by atoms with Gasteiger partial charge in [-0.2, -0.15) is 0 Å². The minimum atomic E-state index is -0.451. The summed E-state index contributed by atoms with van der Waals surface area (Å²) in [5.41, 5.74) is 5.39. The molecule has 0 unspecified atom stereocenters. The summed E-state index contributed by atoms with van der Waals surface area (Å²) in [4.78, 5) is 14.4. The largest absolute Gasteiger partial charge is 0.444 e. The molecule has 1 rings (SSSR count). The second-order valence-electron chi connectivity index (χ2n) is 6.62. The summed E-state index contributed by atoms with van der Waals surface area (Å²) in [5, 5.41) is 0. The van der Waals surface area contributed by atoms with E-state index in [2.05, 4.69) is 6.92 Å². The molecule has 1 fully saturated rings. The highest BCUT2D eigenvalue weighted by Crippen LogP contribution is 2.34. The summed E-state index contributed by atoms with van der Waals surface area (Å²) in [7, 11) is 0. The number of ether oxygens (including phenoxy) is 1. The molecule has 0 bridgehead atoms. The fourth-order valence-corrected chi connectivity index (χ4v) is 2.86. The van der Waals surface area contributed by atoms with E-state index in [0.29, 0.717) is 6.54 Å². The van der Waals surface area contributed by atoms with Crippen molar-refractivity contribution in [2.24, 2.45) is 5.73 Å². The van der Waals surface area contributed by atoms with E-state index in [4.69, 9.17) is 10.5 Å². The van der Waals surface area contributed by atoms with Crippen molar-refractivity contribution < 1.29 is 9.53 Å². The van der Waals surface area contributed by atoms with Crippen LogP contribution in [0.5, 0.6) is 0 Å². The van der Waals surface area contributed by atoms with Gasteiger partial charge in [0, 0.05) is 13.1 Å². The molecular formula is C15H30N2O2. The first-order valence-electron chi connectivity index (χ1n) is 7.55. The van der Waals surface area contributed by atoms with Crippen molar-refractivity contribution in [1.29, 1.82) is 0 Å². The SMILES string of the molecule is CCCN(C(=O)OC(C)(C)C)C1(CN)CCCCC1. The lowest BCUT2D eigenvalue weighted by Crippen LogP contribution is -2.58. The van der Waals surface area contributed by atoms with Gasteiger partial charge in [-0.1, -0.05) is 26.2 Å². The average molecular weight is 270 g/mol. The third-order valence-electron chi connectivity index (χ3n) is 3.80. The molecule has 1 aliphatic rings. The van der Waals surface area contributed by atoms with Crippen LogP contribution in [0.3, 0.4) is 0 Å². The molecule has 1 amide bonds. The number of nitrogens with two attached hydrogens (primary N) is 1. The smallest absolute Gasteiger partial charge is 0.410 e. The molecule has 2 N–H and O–H groups in total. The van der Waals surface area contributed by atoms with Crippen LogP contribution in [0.4, 0.5) is 4.79 Å². The zero-order valence-electron chi connectivity index (χ0n) is 13.0. The fourth-order valence-electron chi connectivity index (χ4n) is 2.86. The molecule has 0 aromatic heterocycles. The van der Waals surface area contributed by atoms with Gasteiger partial charge in [0.15, 0.2) is 0 Å². The summed E-state index contributed by atoms with van der Waals surface area (Å²) < 4.78 is 5.56. The number of hydrogen-bond acceptors (Lipinski definition) is 3. The Bertz CT molecular complexity index is 291. The van der Waals surface area contributed by atoms with Crippen molar-refractivity contribution in [2.75, 3.05) is 13.1 Å². The average Bonchev–Trinajstić information content (AvgIpc) is 2.34. The Hall–Kier alpha value is -0.770. The monoisotopic (exact) mass is 270 g/mol. The van der Waals surface area contributed by atoms with Crippen molar-refractivity contribution in [3.63, 3.8) is 0 Å². The van der Waals surface area contributed by atoms with E-state index in [0.717, 1.165) is 38.6 Å². The maximum atomic E-state index is 12.5. The van der Waals surface area contributed by atoms with Crippen molar-refractivity contribution in [2.45, 2.75) is 77.4 Å². The van der Waals surface area contributed by atoms with E-state index in [1.807, 2.05) is 25.7 Å². The highest BCUT2D eigenvalue weighted by Gasteiger charge is 2.40. The number of rotatable bonds is 4. The first-order chi connectivity index (χ1) is 8.84. The van der Waals surface area contributed by atoms with E-state index in [-0.39, 0.29) is 11.6 Å². The van der Waals surface area contributed by atoms with Crippen LogP contribution in [-0.2, 0) is 4.74 Å². The number of nitrogens with zero attached hydrogens (tertiary/aromatic N) is 1. The molecular weight excluding hydrogens is 240 g/mol. The van der Waals surface area contributed by atoms with Gasteiger partial charge in [-0.15, -0.1) is 0 Å². The lowest BCUT2D eigenvalue weighted by atomic mass is 9.80. The van der Waals surface area contributed by atoms with Crippen molar-refractivity contribution >= 4 is 6.09 Å². The Morgan fingerprint density at radius 3 is 2.26 bits per heavy atom. The third-order valence-corrected chi connectivity index (χ3v) is 3.80. The van der Waals surface area contributed by atoms with E-state index < -0.39 is 5.60 Å². The lowest BCUT2D eigenvalue weighted by molar-refractivity contribution is -0.0113. The van der Waals surface area contributed by atoms with Crippen LogP contribution in [0.1, 0.15) is 66.2 Å². The maximum absolute atomic E-state index is 12.5. The van der Waals surface area contributed by atoms with Gasteiger partial charge in [0.25, 0.3) is 0 Å². The Morgan fingerprint density at radius 2 is 1.84 bits per heavy atom. The van der Waals surface area contributed by atoms with Crippen LogP contribution in [0.25, 0.3) is 0 Å². The molecule has 0 spiro atoms. The van der Waals surface area contributed by atoms with Gasteiger partial charge >= 0.3 is 6.09 Å². The zero-order chi connectivity index (χ0) is 14.5. The lowest BCUT2D eigenvalue weighted by Gasteiger charge is -2.46. The quantitative estimate of drug-likeness (QED) is 0.852. The Labute approximate surface area is 117 Å². The Kier molecular flexibility index (Phi) is 5.65. The van der Waals surface area contributed by atoms with Gasteiger partial charge in [0.2, 0.25) is 0 Å². The van der Waals surface area contributed by atoms with Crippen molar-refractivity contribution in [1.82, 2.24) is 4.90 Å². The van der Waals surface area contributed by atoms with Crippen LogP contribution in [0, 0.1) is 0 Å². The second kappa shape index (κ2) is 6.60. The van der Waals surface area contributed by atoms with E-state index in [1.54, 1.807) is 0 Å². The van der Waals surface area contributed by atoms with Gasteiger partial charge in [0.1, 0.15) is 5.60 Å². The molecule has 0 aromatic carbocycles. The van der Waals surface area contributed by atoms with Gasteiger partial charge in [0.05, 0.1) is 5.54 Å². The molecule has 0 radical (unpaired) electrons. The van der Waals surface area contributed by atoms with Gasteiger partial charge < -0.3 is 15.4 Å². The molecule has 0 saturated heterocycles. The van der Waals surface area contributed by atoms with Crippen molar-refractivity contribution in [3.05, 3.63) is 0 Å². The number of hydrogen-bond donors (Lipinski definition) is 1. The molecule has 1 aliphatic carbocycles. The van der Waals surface area contributed by atoms with E-state index >= 15 is 0 Å². The number of carbonyl (C=O) groups is 1. The van der Waals surface area contributed by atoms with E-state index in [1.165, 1.54) is 6.42 Å². The van der Waals surface area contributed by atoms with Crippen molar-refractivity contribution in [3.8, 4) is 0 Å². The Balaban J connectivity index is 2.87. The van der Waals surface area contributed by atoms with Crippen LogP contribution < -0.4 is 5.73 Å². The molecule has 0 atom stereocenters. The predicted octanol–water partition coefficient (Wildman–Crippen LogP) is 3.30. The minimum Gasteiger partial charge on any atom is -0.444 e. The highest BCUT2D eigenvalue weighted by atomic mass is 16.6. The standard InChI is InChI=1S/C15H30N2O2/c1-5-11-17(13(18)19-14(2,3)4)15(12-16)9-7-6-8-10-15/h5-12,16H2,1-4H3. The van der Waals surface area contributed by atoms with Gasteiger partial charge in [-0.05, 0) is 40.0 Å². The normalized spacial score (nSPS) is 19.0. The molecule has 0 aliphatic heterocycles. The first-order valence-corrected chi connectivity index (χ1v) is 7.55. The maximum Gasteiger partial charge on any atom is 0.410 e. The molecule has 1 saturated carbocycles. The van der Waals surface area contributed by atoms with Crippen LogP contribution in [0.15, 0.2) is 0 Å². The molecule has 4 nitrogen and oxygen atoms in total. The topological polar surface area (TPSA) is 55.6 Å². The van der Waals surface area contributed by atoms with Gasteiger partial charge in [-0.3, -0.25) is 0 Å². The molecule has 0 aromatic rings. The molecule has 0 heterocycles. The first kappa shape index (κ1) is 16.3. The summed E-state index contributed by atoms with van der Waals surface area (Å²) in [6.45, 7) is 9.07. The van der Waals surface area contributed by atoms with Crippen LogP contribution >= 0.6 is 0 Å². The summed E-state index contributed by atoms with van der Waals surface area (Å²) in [5.74, 6) is 0. The number of amides is 1. The Morgan fingerprint density at radius 1 is 1.26 bits per heavy atom. The molecule has 19 heavy (non-hydrogen) atoms. The highest BCUT2D eigenvalue weighted by molar-refractivity contribution is 5.69. The summed E-state index contributed by atoms with van der Waals surface area (Å²) in [6, 6.07) is 0. The molecule has 112 valence electrons. The van der Waals surface area contributed by atoms with E-state index in [9.17, 15) is 4.79 Å².